The van der Waals surface area contributed by atoms with Crippen molar-refractivity contribution >= 4 is 11.3 Å². The second kappa shape index (κ2) is 13.1. The summed E-state index contributed by atoms with van der Waals surface area (Å²) >= 11 is 1.64. The summed E-state index contributed by atoms with van der Waals surface area (Å²) in [7, 11) is 0. The smallest absolute Gasteiger partial charge is 0.139 e. The van der Waals surface area contributed by atoms with Crippen molar-refractivity contribution in [3.8, 4) is 16.2 Å². The molecule has 0 saturated heterocycles. The Balaban J connectivity index is 1.42. The van der Waals surface area contributed by atoms with Crippen molar-refractivity contribution in [3.05, 3.63) is 35.0 Å². The Morgan fingerprint density at radius 3 is 2.63 bits per heavy atom. The first kappa shape index (κ1) is 28.0. The fraction of sp³-hybridized carbons (Fsp3) is 0.667. The summed E-state index contributed by atoms with van der Waals surface area (Å²) in [6, 6.07) is 6.35. The molecule has 6 nitrogen and oxygen atoms in total. The van der Waals surface area contributed by atoms with Gasteiger partial charge in [-0.15, -0.1) is 11.3 Å². The molecular formula is C27H44FN5OS. The van der Waals surface area contributed by atoms with Crippen molar-refractivity contribution in [2.75, 3.05) is 33.0 Å². The van der Waals surface area contributed by atoms with Crippen LogP contribution in [0.4, 0.5) is 4.39 Å². The molecule has 1 aliphatic rings. The van der Waals surface area contributed by atoms with Crippen LogP contribution in [0.3, 0.4) is 0 Å². The molecule has 3 rings (SSSR count). The zero-order chi connectivity index (χ0) is 25.3. The number of nitrogens with one attached hydrogen (secondary N) is 3. The van der Waals surface area contributed by atoms with Crippen LogP contribution in [0, 0.1) is 18.3 Å². The minimum Gasteiger partial charge on any atom is -0.478 e. The Morgan fingerprint density at radius 1 is 1.17 bits per heavy atom. The van der Waals surface area contributed by atoms with Gasteiger partial charge in [0.1, 0.15) is 18.1 Å². The number of nitrogens with zero attached hydrogens (tertiary/aromatic N) is 1. The molecule has 1 aromatic heterocycles. The van der Waals surface area contributed by atoms with Gasteiger partial charge in [-0.1, -0.05) is 39.3 Å². The molecule has 1 heterocycles. The summed E-state index contributed by atoms with van der Waals surface area (Å²) in [6.07, 6.45) is 4.59. The lowest BCUT2D eigenvalue weighted by Crippen LogP contribution is -2.32. The van der Waals surface area contributed by atoms with Crippen LogP contribution < -0.4 is 26.4 Å². The molecule has 1 aromatic carbocycles. The number of rotatable bonds is 16. The zero-order valence-corrected chi connectivity index (χ0v) is 22.7. The summed E-state index contributed by atoms with van der Waals surface area (Å²) < 4.78 is 20.8. The van der Waals surface area contributed by atoms with Crippen LogP contribution in [-0.4, -0.2) is 43.7 Å². The first-order valence-electron chi connectivity index (χ1n) is 12.9. The van der Waals surface area contributed by atoms with Gasteiger partial charge in [-0.25, -0.2) is 9.37 Å². The van der Waals surface area contributed by atoms with E-state index < -0.39 is 5.67 Å². The fourth-order valence-electron chi connectivity index (χ4n) is 4.77. The molecule has 5 N–H and O–H groups in total. The largest absolute Gasteiger partial charge is 0.478 e. The molecule has 1 saturated carbocycles. The number of benzene rings is 1. The van der Waals surface area contributed by atoms with E-state index in [0.717, 1.165) is 67.9 Å². The van der Waals surface area contributed by atoms with Crippen molar-refractivity contribution in [1.82, 2.24) is 20.9 Å². The van der Waals surface area contributed by atoms with Gasteiger partial charge in [0.2, 0.25) is 0 Å². The molecule has 1 unspecified atom stereocenters. The van der Waals surface area contributed by atoms with Gasteiger partial charge in [-0.2, -0.15) is 0 Å². The van der Waals surface area contributed by atoms with E-state index in [2.05, 4.69) is 59.9 Å². The van der Waals surface area contributed by atoms with E-state index in [0.29, 0.717) is 26.4 Å². The van der Waals surface area contributed by atoms with E-state index in [4.69, 9.17) is 10.5 Å². The van der Waals surface area contributed by atoms with Crippen molar-refractivity contribution in [2.45, 2.75) is 72.0 Å². The van der Waals surface area contributed by atoms with E-state index >= 15 is 0 Å². The van der Waals surface area contributed by atoms with Crippen molar-refractivity contribution < 1.29 is 9.13 Å². The molecule has 35 heavy (non-hydrogen) atoms. The number of unbranched alkanes of at least 4 members (excludes halogenated alkanes) is 1. The molecule has 1 fully saturated rings. The summed E-state index contributed by atoms with van der Waals surface area (Å²) in [6.45, 7) is 12.6. The number of aryl methyl sites for hydroxylation is 1. The summed E-state index contributed by atoms with van der Waals surface area (Å²) in [5, 5.41) is 10.1. The maximum atomic E-state index is 14.7. The lowest BCUT2D eigenvalue weighted by atomic mass is 9.74. The van der Waals surface area contributed by atoms with Crippen LogP contribution in [-0.2, 0) is 6.54 Å². The number of thiazole rings is 1. The molecule has 8 heteroatoms. The van der Waals surface area contributed by atoms with Crippen LogP contribution in [0.15, 0.2) is 23.7 Å². The van der Waals surface area contributed by atoms with E-state index in [9.17, 15) is 4.39 Å². The Bertz CT molecular complexity index is 904. The molecule has 0 spiro atoms. The maximum absolute atomic E-state index is 14.7. The normalized spacial score (nSPS) is 15.8. The van der Waals surface area contributed by atoms with Gasteiger partial charge >= 0.3 is 0 Å². The Morgan fingerprint density at radius 2 is 1.97 bits per heavy atom. The minimum atomic E-state index is -0.902. The third-order valence-electron chi connectivity index (χ3n) is 6.79. The predicted molar refractivity (Wildman–Crippen MR) is 144 cm³/mol. The monoisotopic (exact) mass is 505 g/mol. The first-order chi connectivity index (χ1) is 16.7. The van der Waals surface area contributed by atoms with Gasteiger partial charge in [0.15, 0.2) is 0 Å². The highest BCUT2D eigenvalue weighted by molar-refractivity contribution is 7.13. The van der Waals surface area contributed by atoms with Gasteiger partial charge in [-0.3, -0.25) is 5.32 Å². The highest BCUT2D eigenvalue weighted by Gasteiger charge is 2.53. The third kappa shape index (κ3) is 8.50. The third-order valence-corrected chi connectivity index (χ3v) is 7.76. The van der Waals surface area contributed by atoms with Gasteiger partial charge < -0.3 is 21.1 Å². The predicted octanol–water partition coefficient (Wildman–Crippen LogP) is 4.97. The minimum absolute atomic E-state index is 0.0358. The van der Waals surface area contributed by atoms with Crippen molar-refractivity contribution in [2.24, 2.45) is 17.1 Å². The van der Waals surface area contributed by atoms with Gasteiger partial charge in [0.25, 0.3) is 0 Å². The zero-order valence-electron chi connectivity index (χ0n) is 21.9. The van der Waals surface area contributed by atoms with Gasteiger partial charge in [0, 0.05) is 31.9 Å². The lowest BCUT2D eigenvalue weighted by molar-refractivity contribution is 0.0851. The van der Waals surface area contributed by atoms with Crippen LogP contribution in [0.25, 0.3) is 10.4 Å². The SMILES string of the molecule is Cc1ncsc1-c1ccc(CNCNCCCCC(C(C)(C)C)C2(F)CC2)c(OCNCCN)c1. The van der Waals surface area contributed by atoms with E-state index in [1.807, 2.05) is 12.4 Å². The number of hydrogen-bond donors (Lipinski definition) is 4. The van der Waals surface area contributed by atoms with E-state index in [-0.39, 0.29) is 11.3 Å². The Kier molecular flexibility index (Phi) is 10.5. The number of alkyl halides is 1. The molecule has 1 atom stereocenters. The average molecular weight is 506 g/mol. The van der Waals surface area contributed by atoms with Gasteiger partial charge in [0.05, 0.1) is 16.1 Å². The summed E-state index contributed by atoms with van der Waals surface area (Å²) in [5.74, 6) is 1.03. The fourth-order valence-corrected chi connectivity index (χ4v) is 5.57. The molecule has 0 aliphatic heterocycles. The highest BCUT2D eigenvalue weighted by atomic mass is 32.1. The van der Waals surface area contributed by atoms with Crippen molar-refractivity contribution in [3.63, 3.8) is 0 Å². The molecule has 1 aliphatic carbocycles. The second-order valence-corrected chi connectivity index (χ2v) is 11.6. The van der Waals surface area contributed by atoms with Crippen LogP contribution in [0.1, 0.15) is 64.1 Å². The first-order valence-corrected chi connectivity index (χ1v) is 13.8. The number of aromatic nitrogens is 1. The van der Waals surface area contributed by atoms with E-state index in [1.165, 1.54) is 4.88 Å². The molecule has 2 aromatic rings. The summed E-state index contributed by atoms with van der Waals surface area (Å²) in [4.78, 5) is 5.54. The number of nitrogens with two attached hydrogens (primary N) is 1. The van der Waals surface area contributed by atoms with Crippen LogP contribution >= 0.6 is 11.3 Å². The number of halogens is 1. The Labute approximate surface area is 214 Å². The summed E-state index contributed by atoms with van der Waals surface area (Å²) in [5.41, 5.74) is 9.84. The lowest BCUT2D eigenvalue weighted by Gasteiger charge is -2.33. The average Bonchev–Trinajstić information content (AvgIpc) is 3.40. The van der Waals surface area contributed by atoms with Crippen LogP contribution in [0.5, 0.6) is 5.75 Å². The highest BCUT2D eigenvalue weighted by Crippen LogP contribution is 2.54. The topological polar surface area (TPSA) is 84.2 Å². The van der Waals surface area contributed by atoms with Crippen molar-refractivity contribution in [1.29, 1.82) is 0 Å². The van der Waals surface area contributed by atoms with E-state index in [1.54, 1.807) is 11.3 Å². The molecule has 0 bridgehead atoms. The second-order valence-electron chi connectivity index (χ2n) is 10.7. The standard InChI is InChI=1S/C27H44FN5OS/c1-20-25(35-19-33-20)21-8-9-22(23(15-21)34-18-31-14-12-29)16-32-17-30-13-6-5-7-24(26(2,3)4)27(28)10-11-27/h8-9,15,19,24,30-32H,5-7,10-14,16-18,29H2,1-4H3. The molecular weight excluding hydrogens is 461 g/mol. The number of ether oxygens (including phenoxy) is 1. The molecule has 196 valence electrons. The number of hydrogen-bond acceptors (Lipinski definition) is 7. The Hall–Kier alpha value is -1.58. The molecule has 0 amide bonds. The molecule has 0 radical (unpaired) electrons. The quantitative estimate of drug-likeness (QED) is 0.190. The van der Waals surface area contributed by atoms with Gasteiger partial charge in [-0.05, 0) is 62.1 Å². The maximum Gasteiger partial charge on any atom is 0.139 e. The van der Waals surface area contributed by atoms with Crippen LogP contribution in [0.2, 0.25) is 0 Å².